The zero-order valence-corrected chi connectivity index (χ0v) is 12.0. The van der Waals surface area contributed by atoms with E-state index in [4.69, 9.17) is 0 Å². The number of nitrogens with zero attached hydrogens (tertiary/aromatic N) is 5. The van der Waals surface area contributed by atoms with E-state index in [2.05, 4.69) is 32.0 Å². The molecule has 110 valence electrons. The molecule has 2 aromatic heterocycles. The first kappa shape index (κ1) is 13.5. The number of fused-ring (bicyclic) bond motifs is 1. The fourth-order valence-electron chi connectivity index (χ4n) is 2.30. The highest BCUT2D eigenvalue weighted by atomic mass is 16.2. The Morgan fingerprint density at radius 2 is 2.24 bits per heavy atom. The zero-order valence-electron chi connectivity index (χ0n) is 12.0. The van der Waals surface area contributed by atoms with Gasteiger partial charge >= 0.3 is 0 Å². The third-order valence-electron chi connectivity index (χ3n) is 3.47. The van der Waals surface area contributed by atoms with Crippen molar-refractivity contribution in [2.45, 2.75) is 26.4 Å². The molecule has 0 saturated heterocycles. The molecular formula is C14H18N6O. The van der Waals surface area contributed by atoms with Gasteiger partial charge in [-0.2, -0.15) is 0 Å². The topological polar surface area (TPSA) is 75.9 Å². The van der Waals surface area contributed by atoms with Crippen LogP contribution < -0.4 is 5.32 Å². The van der Waals surface area contributed by atoms with Crippen LogP contribution in [0.1, 0.15) is 29.7 Å². The summed E-state index contributed by atoms with van der Waals surface area (Å²) >= 11 is 0. The SMILES string of the molecule is CCCNc1ccc(C(=O)N2CCn3ccnc3C2)nn1. The number of carbonyl (C=O) groups is 1. The normalized spacial score (nSPS) is 13.9. The van der Waals surface area contributed by atoms with Crippen LogP contribution in [-0.4, -0.2) is 43.6 Å². The molecule has 2 aromatic rings. The smallest absolute Gasteiger partial charge is 0.274 e. The van der Waals surface area contributed by atoms with E-state index in [9.17, 15) is 4.79 Å². The molecule has 0 aliphatic carbocycles. The molecular weight excluding hydrogens is 268 g/mol. The van der Waals surface area contributed by atoms with E-state index >= 15 is 0 Å². The van der Waals surface area contributed by atoms with Gasteiger partial charge in [0.05, 0.1) is 6.54 Å². The minimum Gasteiger partial charge on any atom is -0.369 e. The lowest BCUT2D eigenvalue weighted by Gasteiger charge is -2.27. The Bertz CT molecular complexity index is 621. The maximum Gasteiger partial charge on any atom is 0.274 e. The van der Waals surface area contributed by atoms with Crippen molar-refractivity contribution in [1.82, 2.24) is 24.6 Å². The van der Waals surface area contributed by atoms with Crippen molar-refractivity contribution in [3.05, 3.63) is 36.0 Å². The quantitative estimate of drug-likeness (QED) is 0.912. The number of carbonyl (C=O) groups excluding carboxylic acids is 1. The van der Waals surface area contributed by atoms with E-state index in [1.54, 1.807) is 23.2 Å². The molecule has 0 radical (unpaired) electrons. The van der Waals surface area contributed by atoms with Gasteiger partial charge in [-0.25, -0.2) is 4.98 Å². The number of anilines is 1. The standard InChI is InChI=1S/C14H18N6O/c1-2-5-15-12-4-3-11(17-18-12)14(21)20-9-8-19-7-6-16-13(19)10-20/h3-4,6-7H,2,5,8-10H2,1H3,(H,15,18). The van der Waals surface area contributed by atoms with E-state index in [0.29, 0.717) is 24.6 Å². The molecule has 1 aliphatic heterocycles. The van der Waals surface area contributed by atoms with Crippen molar-refractivity contribution in [3.8, 4) is 0 Å². The second kappa shape index (κ2) is 5.90. The van der Waals surface area contributed by atoms with E-state index in [1.807, 2.05) is 6.20 Å². The summed E-state index contributed by atoms with van der Waals surface area (Å²) in [5.74, 6) is 1.50. The minimum atomic E-state index is -0.0983. The molecule has 0 unspecified atom stereocenters. The van der Waals surface area contributed by atoms with Crippen LogP contribution in [0, 0.1) is 0 Å². The number of rotatable bonds is 4. The zero-order chi connectivity index (χ0) is 14.7. The predicted octanol–water partition coefficient (Wildman–Crippen LogP) is 1.15. The summed E-state index contributed by atoms with van der Waals surface area (Å²) in [6, 6.07) is 3.51. The first-order valence-corrected chi connectivity index (χ1v) is 7.15. The molecule has 0 bridgehead atoms. The Morgan fingerprint density at radius 3 is 3.00 bits per heavy atom. The third-order valence-corrected chi connectivity index (χ3v) is 3.47. The van der Waals surface area contributed by atoms with Crippen LogP contribution >= 0.6 is 0 Å². The first-order chi connectivity index (χ1) is 10.3. The van der Waals surface area contributed by atoms with Gasteiger partial charge < -0.3 is 14.8 Å². The van der Waals surface area contributed by atoms with Gasteiger partial charge in [-0.1, -0.05) is 6.92 Å². The van der Waals surface area contributed by atoms with Gasteiger partial charge in [0.25, 0.3) is 5.91 Å². The van der Waals surface area contributed by atoms with Gasteiger partial charge in [-0.15, -0.1) is 10.2 Å². The van der Waals surface area contributed by atoms with E-state index in [-0.39, 0.29) is 5.91 Å². The summed E-state index contributed by atoms with van der Waals surface area (Å²) < 4.78 is 2.06. The highest BCUT2D eigenvalue weighted by Crippen LogP contribution is 2.13. The number of imidazole rings is 1. The van der Waals surface area contributed by atoms with Crippen molar-refractivity contribution in [2.24, 2.45) is 0 Å². The van der Waals surface area contributed by atoms with Crippen LogP contribution in [0.2, 0.25) is 0 Å². The molecule has 0 spiro atoms. The van der Waals surface area contributed by atoms with Crippen LogP contribution in [0.5, 0.6) is 0 Å². The molecule has 3 rings (SSSR count). The molecule has 0 saturated carbocycles. The lowest BCUT2D eigenvalue weighted by atomic mass is 10.3. The number of nitrogens with one attached hydrogen (secondary N) is 1. The highest BCUT2D eigenvalue weighted by molar-refractivity contribution is 5.92. The van der Waals surface area contributed by atoms with Crippen LogP contribution in [0.15, 0.2) is 24.5 Å². The molecule has 1 aliphatic rings. The van der Waals surface area contributed by atoms with Gasteiger partial charge in [-0.3, -0.25) is 4.79 Å². The lowest BCUT2D eigenvalue weighted by molar-refractivity contribution is 0.0700. The van der Waals surface area contributed by atoms with E-state index in [1.165, 1.54) is 0 Å². The monoisotopic (exact) mass is 286 g/mol. The van der Waals surface area contributed by atoms with Crippen LogP contribution in [0.25, 0.3) is 0 Å². The summed E-state index contributed by atoms with van der Waals surface area (Å²) in [5.41, 5.74) is 0.372. The summed E-state index contributed by atoms with van der Waals surface area (Å²) in [4.78, 5) is 18.4. The largest absolute Gasteiger partial charge is 0.369 e. The summed E-state index contributed by atoms with van der Waals surface area (Å²) in [7, 11) is 0. The molecule has 1 N–H and O–H groups in total. The van der Waals surface area contributed by atoms with Gasteiger partial charge in [-0.05, 0) is 18.6 Å². The van der Waals surface area contributed by atoms with Gasteiger partial charge in [0.15, 0.2) is 5.69 Å². The molecule has 0 fully saturated rings. The van der Waals surface area contributed by atoms with Crippen molar-refractivity contribution in [1.29, 1.82) is 0 Å². The van der Waals surface area contributed by atoms with Crippen molar-refractivity contribution < 1.29 is 4.79 Å². The fourth-order valence-corrected chi connectivity index (χ4v) is 2.30. The summed E-state index contributed by atoms with van der Waals surface area (Å²) in [6.07, 6.45) is 4.71. The van der Waals surface area contributed by atoms with E-state index < -0.39 is 0 Å². The van der Waals surface area contributed by atoms with Crippen LogP contribution in [0.4, 0.5) is 5.82 Å². The maximum absolute atomic E-state index is 12.4. The molecule has 3 heterocycles. The second-order valence-electron chi connectivity index (χ2n) is 4.99. The van der Waals surface area contributed by atoms with Gasteiger partial charge in [0.2, 0.25) is 0 Å². The Hall–Kier alpha value is -2.44. The second-order valence-corrected chi connectivity index (χ2v) is 4.99. The summed E-state index contributed by atoms with van der Waals surface area (Å²) in [5, 5.41) is 11.2. The Kier molecular flexibility index (Phi) is 3.81. The third kappa shape index (κ3) is 2.86. The molecule has 0 aromatic carbocycles. The number of aromatic nitrogens is 4. The predicted molar refractivity (Wildman–Crippen MR) is 77.8 cm³/mol. The summed E-state index contributed by atoms with van der Waals surface area (Å²) in [6.45, 7) is 4.88. The lowest BCUT2D eigenvalue weighted by Crippen LogP contribution is -2.38. The number of hydrogen-bond donors (Lipinski definition) is 1. The Balaban J connectivity index is 1.68. The number of amides is 1. The van der Waals surface area contributed by atoms with Crippen molar-refractivity contribution in [3.63, 3.8) is 0 Å². The molecule has 7 nitrogen and oxygen atoms in total. The first-order valence-electron chi connectivity index (χ1n) is 7.15. The molecule has 21 heavy (non-hydrogen) atoms. The molecule has 1 amide bonds. The Labute approximate surface area is 123 Å². The molecule has 7 heteroatoms. The van der Waals surface area contributed by atoms with Gasteiger partial charge in [0.1, 0.15) is 11.6 Å². The Morgan fingerprint density at radius 1 is 1.33 bits per heavy atom. The van der Waals surface area contributed by atoms with Crippen molar-refractivity contribution >= 4 is 11.7 Å². The average molecular weight is 286 g/mol. The van der Waals surface area contributed by atoms with E-state index in [0.717, 1.165) is 25.3 Å². The number of hydrogen-bond acceptors (Lipinski definition) is 5. The molecule has 0 atom stereocenters. The fraction of sp³-hybridized carbons (Fsp3) is 0.429. The highest BCUT2D eigenvalue weighted by Gasteiger charge is 2.23. The van der Waals surface area contributed by atoms with Crippen LogP contribution in [-0.2, 0) is 13.1 Å². The van der Waals surface area contributed by atoms with Crippen molar-refractivity contribution in [2.75, 3.05) is 18.4 Å². The van der Waals surface area contributed by atoms with Gasteiger partial charge in [0, 0.05) is 32.0 Å². The average Bonchev–Trinajstić information content (AvgIpc) is 3.00. The van der Waals surface area contributed by atoms with Crippen LogP contribution in [0.3, 0.4) is 0 Å². The minimum absolute atomic E-state index is 0.0983. The maximum atomic E-state index is 12.4.